The smallest absolute Gasteiger partial charge is 0.136 e. The number of rotatable bonds is 4. The van der Waals surface area contributed by atoms with Crippen molar-refractivity contribution in [3.63, 3.8) is 0 Å². The number of aldehydes is 1. The molecular weight excluding hydrogens is 184 g/mol. The summed E-state index contributed by atoms with van der Waals surface area (Å²) < 4.78 is -0.292. The second-order valence-electron chi connectivity index (χ2n) is 4.16. The van der Waals surface area contributed by atoms with Crippen LogP contribution in [0.4, 0.5) is 0 Å². The van der Waals surface area contributed by atoms with Crippen molar-refractivity contribution < 1.29 is 9.90 Å². The summed E-state index contributed by atoms with van der Waals surface area (Å²) in [5.74, 6) is 1.05. The third-order valence-corrected chi connectivity index (χ3v) is 4.30. The van der Waals surface area contributed by atoms with E-state index in [2.05, 4.69) is 0 Å². The quantitative estimate of drug-likeness (QED) is 0.708. The Hall–Kier alpha value is -0.0200. The van der Waals surface area contributed by atoms with Crippen molar-refractivity contribution in [3.8, 4) is 0 Å². The molecule has 1 saturated heterocycles. The van der Waals surface area contributed by atoms with Gasteiger partial charge in [-0.25, -0.2) is 0 Å². The molecule has 1 fully saturated rings. The zero-order valence-corrected chi connectivity index (χ0v) is 9.19. The first kappa shape index (κ1) is 11.1. The molecule has 2 nitrogen and oxygen atoms in total. The van der Waals surface area contributed by atoms with Crippen LogP contribution in [0.1, 0.15) is 39.5 Å². The van der Waals surface area contributed by atoms with Gasteiger partial charge in [-0.1, -0.05) is 6.92 Å². The molecule has 1 N–H and O–H groups in total. The average Bonchev–Trinajstić information content (AvgIpc) is 2.53. The number of hydrogen-bond donors (Lipinski definition) is 1. The summed E-state index contributed by atoms with van der Waals surface area (Å²) in [7, 11) is 0. The first-order valence-corrected chi connectivity index (χ1v) is 5.85. The molecule has 1 rings (SSSR count). The predicted molar refractivity (Wildman–Crippen MR) is 56.0 cm³/mol. The van der Waals surface area contributed by atoms with E-state index in [-0.39, 0.29) is 4.75 Å². The number of thioether (sulfide) groups is 1. The lowest BCUT2D eigenvalue weighted by atomic mass is 9.88. The van der Waals surface area contributed by atoms with Gasteiger partial charge in [0.2, 0.25) is 0 Å². The maximum absolute atomic E-state index is 11.0. The molecular formula is C10H18O2S. The Labute approximate surface area is 84.1 Å². The van der Waals surface area contributed by atoms with E-state index in [0.29, 0.717) is 12.8 Å². The molecule has 1 heterocycles. The van der Waals surface area contributed by atoms with Crippen LogP contribution in [-0.4, -0.2) is 27.5 Å². The van der Waals surface area contributed by atoms with E-state index in [4.69, 9.17) is 0 Å². The molecule has 0 radical (unpaired) electrons. The number of carbonyl (C=O) groups is 1. The molecule has 0 aliphatic carbocycles. The predicted octanol–water partition coefficient (Wildman–Crippen LogP) is 2.00. The SMILES string of the molecule is CCC(C)(O)CC1(C=O)CCCS1. The highest BCUT2D eigenvalue weighted by Crippen LogP contribution is 2.42. The molecule has 0 spiro atoms. The second-order valence-corrected chi connectivity index (χ2v) is 5.67. The topological polar surface area (TPSA) is 37.3 Å². The Morgan fingerprint density at radius 2 is 2.38 bits per heavy atom. The highest BCUT2D eigenvalue weighted by atomic mass is 32.2. The monoisotopic (exact) mass is 202 g/mol. The van der Waals surface area contributed by atoms with Crippen molar-refractivity contribution in [2.75, 3.05) is 5.75 Å². The van der Waals surface area contributed by atoms with E-state index in [0.717, 1.165) is 24.9 Å². The average molecular weight is 202 g/mol. The van der Waals surface area contributed by atoms with Crippen LogP contribution in [0.2, 0.25) is 0 Å². The van der Waals surface area contributed by atoms with Gasteiger partial charge in [0.15, 0.2) is 0 Å². The molecule has 1 aliphatic heterocycles. The molecule has 0 saturated carbocycles. The molecule has 2 atom stereocenters. The van der Waals surface area contributed by atoms with Gasteiger partial charge in [0.05, 0.1) is 10.3 Å². The molecule has 3 heteroatoms. The summed E-state index contributed by atoms with van der Waals surface area (Å²) in [6.07, 6.45) is 4.38. The highest BCUT2D eigenvalue weighted by Gasteiger charge is 2.39. The lowest BCUT2D eigenvalue weighted by molar-refractivity contribution is -0.111. The van der Waals surface area contributed by atoms with Crippen molar-refractivity contribution >= 4 is 18.0 Å². The molecule has 0 aromatic heterocycles. The minimum atomic E-state index is -0.682. The largest absolute Gasteiger partial charge is 0.390 e. The minimum absolute atomic E-state index is 0.292. The normalized spacial score (nSPS) is 32.8. The maximum Gasteiger partial charge on any atom is 0.136 e. The fourth-order valence-electron chi connectivity index (χ4n) is 1.76. The van der Waals surface area contributed by atoms with E-state index < -0.39 is 5.60 Å². The van der Waals surface area contributed by atoms with Crippen molar-refractivity contribution in [1.82, 2.24) is 0 Å². The van der Waals surface area contributed by atoms with Crippen molar-refractivity contribution in [1.29, 1.82) is 0 Å². The van der Waals surface area contributed by atoms with Gasteiger partial charge in [0, 0.05) is 0 Å². The Bertz CT molecular complexity index is 183. The molecule has 0 aromatic carbocycles. The zero-order valence-electron chi connectivity index (χ0n) is 8.38. The van der Waals surface area contributed by atoms with Gasteiger partial charge >= 0.3 is 0 Å². The van der Waals surface area contributed by atoms with Gasteiger partial charge in [-0.2, -0.15) is 0 Å². The fourth-order valence-corrected chi connectivity index (χ4v) is 3.23. The van der Waals surface area contributed by atoms with Gasteiger partial charge in [-0.3, -0.25) is 0 Å². The lowest BCUT2D eigenvalue weighted by Crippen LogP contribution is -2.36. The maximum atomic E-state index is 11.0. The Morgan fingerprint density at radius 1 is 1.69 bits per heavy atom. The summed E-state index contributed by atoms with van der Waals surface area (Å²) in [6.45, 7) is 3.77. The third-order valence-electron chi connectivity index (χ3n) is 2.79. The van der Waals surface area contributed by atoms with Crippen LogP contribution in [0, 0.1) is 0 Å². The van der Waals surface area contributed by atoms with E-state index in [1.807, 2.05) is 13.8 Å². The highest BCUT2D eigenvalue weighted by molar-refractivity contribution is 8.01. The molecule has 0 bridgehead atoms. The van der Waals surface area contributed by atoms with Crippen molar-refractivity contribution in [2.24, 2.45) is 0 Å². The summed E-state index contributed by atoms with van der Waals surface area (Å²) in [6, 6.07) is 0. The first-order chi connectivity index (χ1) is 6.04. The van der Waals surface area contributed by atoms with Gasteiger partial charge < -0.3 is 9.90 Å². The van der Waals surface area contributed by atoms with Crippen LogP contribution < -0.4 is 0 Å². The van der Waals surface area contributed by atoms with Crippen LogP contribution in [0.5, 0.6) is 0 Å². The van der Waals surface area contributed by atoms with Gasteiger partial charge in [0.1, 0.15) is 6.29 Å². The molecule has 0 aromatic rings. The minimum Gasteiger partial charge on any atom is -0.390 e. The van der Waals surface area contributed by atoms with Gasteiger partial charge in [0.25, 0.3) is 0 Å². The summed E-state index contributed by atoms with van der Waals surface area (Å²) >= 11 is 1.70. The molecule has 1 aliphatic rings. The number of aliphatic hydroxyl groups is 1. The van der Waals surface area contributed by atoms with E-state index >= 15 is 0 Å². The second kappa shape index (κ2) is 4.01. The van der Waals surface area contributed by atoms with Crippen LogP contribution >= 0.6 is 11.8 Å². The van der Waals surface area contributed by atoms with Crippen LogP contribution in [0.25, 0.3) is 0 Å². The van der Waals surface area contributed by atoms with Crippen LogP contribution in [0.15, 0.2) is 0 Å². The van der Waals surface area contributed by atoms with Crippen LogP contribution in [0.3, 0.4) is 0 Å². The van der Waals surface area contributed by atoms with Crippen molar-refractivity contribution in [2.45, 2.75) is 49.9 Å². The molecule has 13 heavy (non-hydrogen) atoms. The summed E-state index contributed by atoms with van der Waals surface area (Å²) in [5.41, 5.74) is -0.682. The lowest BCUT2D eigenvalue weighted by Gasteiger charge is -2.30. The van der Waals surface area contributed by atoms with Gasteiger partial charge in [-0.05, 0) is 38.4 Å². The van der Waals surface area contributed by atoms with Gasteiger partial charge in [-0.15, -0.1) is 11.8 Å². The standard InChI is InChI=1S/C10H18O2S/c1-3-9(2,12)7-10(8-11)5-4-6-13-10/h8,12H,3-7H2,1-2H3. The zero-order chi connectivity index (χ0) is 9.95. The summed E-state index contributed by atoms with van der Waals surface area (Å²) in [5, 5.41) is 9.91. The molecule has 76 valence electrons. The number of carbonyl (C=O) groups excluding carboxylic acids is 1. The summed E-state index contributed by atoms with van der Waals surface area (Å²) in [4.78, 5) is 11.0. The molecule has 0 amide bonds. The van der Waals surface area contributed by atoms with Crippen molar-refractivity contribution in [3.05, 3.63) is 0 Å². The third kappa shape index (κ3) is 2.71. The van der Waals surface area contributed by atoms with E-state index in [9.17, 15) is 9.90 Å². The Morgan fingerprint density at radius 3 is 2.77 bits per heavy atom. The Kier molecular flexibility index (Phi) is 3.41. The molecule has 2 unspecified atom stereocenters. The van der Waals surface area contributed by atoms with E-state index in [1.54, 1.807) is 11.8 Å². The first-order valence-electron chi connectivity index (χ1n) is 4.86. The Balaban J connectivity index is 2.63. The number of hydrogen-bond acceptors (Lipinski definition) is 3. The van der Waals surface area contributed by atoms with Crippen LogP contribution in [-0.2, 0) is 4.79 Å². The van der Waals surface area contributed by atoms with E-state index in [1.165, 1.54) is 0 Å². The fraction of sp³-hybridized carbons (Fsp3) is 0.900.